The van der Waals surface area contributed by atoms with Crippen molar-refractivity contribution in [1.82, 2.24) is 0 Å². The second-order valence-corrected chi connectivity index (χ2v) is 24.9. The molecule has 1 unspecified atom stereocenters. The van der Waals surface area contributed by atoms with Crippen LogP contribution >= 0.6 is 0 Å². The zero-order chi connectivity index (χ0) is 59.9. The zero-order valence-electron chi connectivity index (χ0n) is 55.7. The highest BCUT2D eigenvalue weighted by molar-refractivity contribution is 5.72. The van der Waals surface area contributed by atoms with E-state index < -0.39 is 12.1 Å². The van der Waals surface area contributed by atoms with Crippen molar-refractivity contribution in [3.8, 4) is 0 Å². The summed E-state index contributed by atoms with van der Waals surface area (Å²) in [5, 5.41) is 0. The molecule has 0 N–H and O–H groups in total. The van der Waals surface area contributed by atoms with E-state index in [1.165, 1.54) is 283 Å². The molecule has 0 radical (unpaired) electrons. The molecule has 484 valence electrons. The Morgan fingerprint density at radius 3 is 0.735 bits per heavy atom. The van der Waals surface area contributed by atoms with Crippen LogP contribution in [0.1, 0.15) is 393 Å². The fourth-order valence-electron chi connectivity index (χ4n) is 11.1. The Bertz CT molecular complexity index is 1470. The molecule has 0 aromatic carbocycles. The van der Waals surface area contributed by atoms with Crippen molar-refractivity contribution < 1.29 is 28.6 Å². The summed E-state index contributed by atoms with van der Waals surface area (Å²) in [6.45, 7) is 6.52. The van der Waals surface area contributed by atoms with E-state index >= 15 is 0 Å². The van der Waals surface area contributed by atoms with Gasteiger partial charge in [0.1, 0.15) is 13.2 Å². The molecule has 0 rings (SSSR count). The number of hydrogen-bond donors (Lipinski definition) is 0. The molecule has 0 aliphatic carbocycles. The first-order chi connectivity index (χ1) is 41.0. The van der Waals surface area contributed by atoms with Crippen LogP contribution in [0.15, 0.2) is 60.8 Å². The van der Waals surface area contributed by atoms with Gasteiger partial charge in [-0.3, -0.25) is 14.4 Å². The Hall–Kier alpha value is -2.89. The van der Waals surface area contributed by atoms with E-state index in [9.17, 15) is 14.4 Å². The summed E-state index contributed by atoms with van der Waals surface area (Å²) in [4.78, 5) is 38.4. The highest BCUT2D eigenvalue weighted by atomic mass is 16.6. The molecule has 0 heterocycles. The van der Waals surface area contributed by atoms with E-state index in [1.54, 1.807) is 0 Å². The number of esters is 3. The third-order valence-electron chi connectivity index (χ3n) is 16.6. The third kappa shape index (κ3) is 69.8. The van der Waals surface area contributed by atoms with Gasteiger partial charge in [0.25, 0.3) is 0 Å². The Balaban J connectivity index is 4.24. The monoisotopic (exact) mass is 1160 g/mol. The molecule has 0 bridgehead atoms. The fraction of sp³-hybridized carbons (Fsp3) is 0.831. The molecule has 0 fully saturated rings. The lowest BCUT2D eigenvalue weighted by Gasteiger charge is -2.18. The van der Waals surface area contributed by atoms with Gasteiger partial charge in [-0.05, 0) is 44.9 Å². The molecule has 0 aliphatic rings. The lowest BCUT2D eigenvalue weighted by atomic mass is 10.0. The Kier molecular flexibility index (Phi) is 69.1. The average Bonchev–Trinajstić information content (AvgIpc) is 3.49. The van der Waals surface area contributed by atoms with Crippen molar-refractivity contribution in [1.29, 1.82) is 0 Å². The number of carbonyl (C=O) groups excluding carboxylic acids is 3. The largest absolute Gasteiger partial charge is 0.462 e. The van der Waals surface area contributed by atoms with Crippen molar-refractivity contribution in [3.05, 3.63) is 60.8 Å². The minimum atomic E-state index is -0.813. The number of allylic oxidation sites excluding steroid dienone is 9. The molecule has 1 atom stereocenters. The predicted molar refractivity (Wildman–Crippen MR) is 362 cm³/mol. The molecule has 0 aromatic heterocycles. The molecule has 0 aromatic rings. The number of hydrogen-bond acceptors (Lipinski definition) is 6. The molecule has 83 heavy (non-hydrogen) atoms. The van der Waals surface area contributed by atoms with Crippen LogP contribution in [0.4, 0.5) is 0 Å². The maximum atomic E-state index is 12.9. The van der Waals surface area contributed by atoms with Gasteiger partial charge in [-0.25, -0.2) is 0 Å². The van der Waals surface area contributed by atoms with Gasteiger partial charge in [0.2, 0.25) is 0 Å². The first-order valence-electron chi connectivity index (χ1n) is 36.8. The van der Waals surface area contributed by atoms with Gasteiger partial charge in [0.15, 0.2) is 6.10 Å². The smallest absolute Gasteiger partial charge is 0.309 e. The molecule has 0 saturated heterocycles. The van der Waals surface area contributed by atoms with Crippen molar-refractivity contribution in [2.75, 3.05) is 13.2 Å². The number of unbranched alkanes of at least 4 members (excludes halogenated alkanes) is 48. The molecular formula is C77H140O6. The third-order valence-corrected chi connectivity index (χ3v) is 16.6. The number of carbonyl (C=O) groups is 3. The minimum absolute atomic E-state index is 0.0988. The van der Waals surface area contributed by atoms with Gasteiger partial charge in [0.05, 0.1) is 6.42 Å². The van der Waals surface area contributed by atoms with E-state index in [-0.39, 0.29) is 31.6 Å². The van der Waals surface area contributed by atoms with Crippen LogP contribution in [0.2, 0.25) is 0 Å². The molecule has 0 aliphatic heterocycles. The fourth-order valence-corrected chi connectivity index (χ4v) is 11.1. The van der Waals surface area contributed by atoms with Crippen LogP contribution in [0, 0.1) is 0 Å². The summed E-state index contributed by atoms with van der Waals surface area (Å²) in [5.41, 5.74) is 0. The topological polar surface area (TPSA) is 78.9 Å². The lowest BCUT2D eigenvalue weighted by molar-refractivity contribution is -0.166. The maximum absolute atomic E-state index is 12.9. The van der Waals surface area contributed by atoms with E-state index in [1.807, 2.05) is 12.2 Å². The van der Waals surface area contributed by atoms with Gasteiger partial charge in [-0.15, -0.1) is 0 Å². The quantitative estimate of drug-likeness (QED) is 0.0261. The Labute approximate surface area is 517 Å². The summed E-state index contributed by atoms with van der Waals surface area (Å²) < 4.78 is 16.9. The second kappa shape index (κ2) is 71.6. The van der Waals surface area contributed by atoms with Gasteiger partial charge >= 0.3 is 17.9 Å². The molecular weight excluding hydrogens is 1020 g/mol. The predicted octanol–water partition coefficient (Wildman–Crippen LogP) is 25.5. The molecule has 6 nitrogen and oxygen atoms in total. The van der Waals surface area contributed by atoms with Crippen molar-refractivity contribution in [3.63, 3.8) is 0 Å². The summed E-state index contributed by atoms with van der Waals surface area (Å²) in [6, 6.07) is 0. The first kappa shape index (κ1) is 80.1. The summed E-state index contributed by atoms with van der Waals surface area (Å²) >= 11 is 0. The van der Waals surface area contributed by atoms with Crippen LogP contribution in [0.3, 0.4) is 0 Å². The minimum Gasteiger partial charge on any atom is -0.462 e. The van der Waals surface area contributed by atoms with E-state index in [0.717, 1.165) is 70.6 Å². The number of ether oxygens (including phenoxy) is 3. The van der Waals surface area contributed by atoms with Gasteiger partial charge in [-0.2, -0.15) is 0 Å². The standard InChI is InChI=1S/C77H140O6/c1-4-7-10-13-16-19-22-25-28-30-32-34-35-36-37-38-39-40-41-42-43-45-46-49-52-55-58-61-64-67-70-76(79)82-73-74(72-81-75(78)69-66-63-60-57-54-51-48-27-24-21-18-15-12-9-6-3)83-77(80)71-68-65-62-59-56-53-50-47-44-33-31-29-26-23-20-17-14-11-8-5-2/h9,12,18,21,27,48,54,57,63,66,74H,4-8,10-11,13-17,19-20,22-26,28-47,49-53,55-56,58-62,64-65,67-73H2,1-3H3/b12-9-,21-18-,48-27-,57-54-,66-63-. The van der Waals surface area contributed by atoms with Crippen LogP contribution in [-0.2, 0) is 28.6 Å². The van der Waals surface area contributed by atoms with Crippen molar-refractivity contribution in [2.45, 2.75) is 399 Å². The summed E-state index contributed by atoms with van der Waals surface area (Å²) in [5.74, 6) is -1.01. The van der Waals surface area contributed by atoms with E-state index in [0.29, 0.717) is 12.8 Å². The van der Waals surface area contributed by atoms with E-state index in [2.05, 4.69) is 69.4 Å². The molecule has 0 spiro atoms. The van der Waals surface area contributed by atoms with Crippen LogP contribution in [0.5, 0.6) is 0 Å². The first-order valence-corrected chi connectivity index (χ1v) is 36.8. The molecule has 0 amide bonds. The van der Waals surface area contributed by atoms with Crippen molar-refractivity contribution >= 4 is 17.9 Å². The zero-order valence-corrected chi connectivity index (χ0v) is 55.7. The lowest BCUT2D eigenvalue weighted by Crippen LogP contribution is -2.30. The van der Waals surface area contributed by atoms with Crippen molar-refractivity contribution in [2.24, 2.45) is 0 Å². The van der Waals surface area contributed by atoms with Gasteiger partial charge < -0.3 is 14.2 Å². The number of rotatable bonds is 68. The molecule has 0 saturated carbocycles. The average molecular weight is 1160 g/mol. The Morgan fingerprint density at radius 2 is 0.470 bits per heavy atom. The highest BCUT2D eigenvalue weighted by Crippen LogP contribution is 2.19. The van der Waals surface area contributed by atoms with Gasteiger partial charge in [-0.1, -0.05) is 390 Å². The van der Waals surface area contributed by atoms with Gasteiger partial charge in [0, 0.05) is 12.8 Å². The summed E-state index contributed by atoms with van der Waals surface area (Å²) in [6.07, 6.45) is 93.1. The molecule has 6 heteroatoms. The second-order valence-electron chi connectivity index (χ2n) is 24.9. The highest BCUT2D eigenvalue weighted by Gasteiger charge is 2.19. The Morgan fingerprint density at radius 1 is 0.253 bits per heavy atom. The maximum Gasteiger partial charge on any atom is 0.309 e. The van der Waals surface area contributed by atoms with Crippen LogP contribution < -0.4 is 0 Å². The van der Waals surface area contributed by atoms with Crippen LogP contribution in [-0.4, -0.2) is 37.2 Å². The van der Waals surface area contributed by atoms with Crippen LogP contribution in [0.25, 0.3) is 0 Å². The SMILES string of the molecule is CC/C=C\C/C=C\C/C=C\C/C=C\C/C=C\CC(=O)OCC(COC(=O)CCCCCCCCCCCCCCCCCCCCCCCCCCCCCCCC)OC(=O)CCCCCCCCCCCCCCCCCCCCCC. The van der Waals surface area contributed by atoms with E-state index in [4.69, 9.17) is 14.2 Å². The summed E-state index contributed by atoms with van der Waals surface area (Å²) in [7, 11) is 0. The normalized spacial score (nSPS) is 12.4.